The zero-order valence-corrected chi connectivity index (χ0v) is 6.70. The van der Waals surface area contributed by atoms with Crippen LogP contribution in [0, 0.1) is 0 Å². The molecule has 0 atom stereocenters. The molecular formula is C4H5ClN2O2S. The first-order valence-electron chi connectivity index (χ1n) is 2.41. The zero-order valence-electron chi connectivity index (χ0n) is 5.13. The number of nitrogens with zero attached hydrogens (tertiary/aromatic N) is 1. The molecule has 0 aliphatic carbocycles. The highest BCUT2D eigenvalue weighted by Crippen LogP contribution is 2.07. The van der Waals surface area contributed by atoms with Crippen molar-refractivity contribution in [2.75, 3.05) is 6.26 Å². The van der Waals surface area contributed by atoms with Gasteiger partial charge in [0.05, 0.1) is 6.20 Å². The van der Waals surface area contributed by atoms with Crippen LogP contribution in [0.5, 0.6) is 0 Å². The lowest BCUT2D eigenvalue weighted by atomic mass is 11.0. The molecule has 0 aromatic carbocycles. The monoisotopic (exact) mass is 180 g/mol. The summed E-state index contributed by atoms with van der Waals surface area (Å²) in [4.78, 5) is 5.89. The molecule has 1 N–H and O–H groups in total. The van der Waals surface area contributed by atoms with Gasteiger partial charge in [-0.1, -0.05) is 11.6 Å². The molecule has 1 rings (SSSR count). The third-order valence-corrected chi connectivity index (χ3v) is 1.97. The second-order valence-electron chi connectivity index (χ2n) is 1.81. The molecule has 6 heteroatoms. The van der Waals surface area contributed by atoms with E-state index in [0.717, 1.165) is 6.26 Å². The molecule has 1 heterocycles. The maximum absolute atomic E-state index is 10.7. The van der Waals surface area contributed by atoms with E-state index in [0.29, 0.717) is 0 Å². The smallest absolute Gasteiger partial charge is 0.225 e. The van der Waals surface area contributed by atoms with Gasteiger partial charge in [0.25, 0.3) is 0 Å². The fraction of sp³-hybridized carbons (Fsp3) is 0.250. The summed E-state index contributed by atoms with van der Waals surface area (Å²) in [5, 5.41) is 0.123. The summed E-state index contributed by atoms with van der Waals surface area (Å²) in [7, 11) is -3.23. The van der Waals surface area contributed by atoms with Gasteiger partial charge in [0.15, 0.2) is 0 Å². The lowest BCUT2D eigenvalue weighted by Gasteiger charge is -1.86. The molecule has 4 nitrogen and oxygen atoms in total. The van der Waals surface area contributed by atoms with E-state index in [4.69, 9.17) is 11.6 Å². The van der Waals surface area contributed by atoms with E-state index >= 15 is 0 Å². The first kappa shape index (κ1) is 7.56. The number of nitrogens with one attached hydrogen (secondary N) is 1. The quantitative estimate of drug-likeness (QED) is 0.683. The molecule has 0 saturated carbocycles. The molecule has 56 valence electrons. The van der Waals surface area contributed by atoms with Crippen LogP contribution in [0.15, 0.2) is 11.4 Å². The summed E-state index contributed by atoms with van der Waals surface area (Å²) in [5.74, 6) is 0. The van der Waals surface area contributed by atoms with Gasteiger partial charge in [-0.2, -0.15) is 0 Å². The van der Waals surface area contributed by atoms with E-state index < -0.39 is 9.84 Å². The number of hydrogen-bond donors (Lipinski definition) is 1. The molecule has 0 aliphatic heterocycles. The van der Waals surface area contributed by atoms with Crippen molar-refractivity contribution in [3.63, 3.8) is 0 Å². The minimum atomic E-state index is -3.23. The summed E-state index contributed by atoms with van der Waals surface area (Å²) in [6.45, 7) is 0. The van der Waals surface area contributed by atoms with Crippen molar-refractivity contribution < 1.29 is 8.42 Å². The summed E-state index contributed by atoms with van der Waals surface area (Å²) in [6, 6.07) is 0. The van der Waals surface area contributed by atoms with Gasteiger partial charge in [-0.3, -0.25) is 0 Å². The molecule has 0 amide bonds. The topological polar surface area (TPSA) is 62.8 Å². The van der Waals surface area contributed by atoms with Crippen LogP contribution >= 0.6 is 11.6 Å². The highest BCUT2D eigenvalue weighted by atomic mass is 35.5. The summed E-state index contributed by atoms with van der Waals surface area (Å²) < 4.78 is 21.4. The predicted molar refractivity (Wildman–Crippen MR) is 36.7 cm³/mol. The Balaban J connectivity index is 3.21. The van der Waals surface area contributed by atoms with Gasteiger partial charge in [0, 0.05) is 6.26 Å². The fourth-order valence-corrected chi connectivity index (χ4v) is 1.20. The van der Waals surface area contributed by atoms with E-state index in [1.54, 1.807) is 0 Å². The maximum Gasteiger partial charge on any atom is 0.225 e. The van der Waals surface area contributed by atoms with Crippen molar-refractivity contribution in [1.29, 1.82) is 0 Å². The number of aromatic nitrogens is 2. The Bertz CT molecular complexity index is 329. The van der Waals surface area contributed by atoms with Crippen molar-refractivity contribution in [3.05, 3.63) is 11.3 Å². The van der Waals surface area contributed by atoms with Gasteiger partial charge in [-0.15, -0.1) is 0 Å². The Morgan fingerprint density at radius 1 is 1.70 bits per heavy atom. The summed E-state index contributed by atoms with van der Waals surface area (Å²) >= 11 is 5.38. The Kier molecular flexibility index (Phi) is 1.70. The Hall–Kier alpha value is -0.550. The molecule has 0 spiro atoms. The lowest BCUT2D eigenvalue weighted by molar-refractivity contribution is 0.595. The van der Waals surface area contributed by atoms with Gasteiger partial charge < -0.3 is 4.98 Å². The number of halogens is 1. The second-order valence-corrected chi connectivity index (χ2v) is 4.15. The summed E-state index contributed by atoms with van der Waals surface area (Å²) in [6.07, 6.45) is 2.31. The Morgan fingerprint density at radius 2 is 2.30 bits per heavy atom. The SMILES string of the molecule is CS(=O)(=O)c1ncc(Cl)[nH]1. The third kappa shape index (κ3) is 1.48. The van der Waals surface area contributed by atoms with E-state index in [-0.39, 0.29) is 10.3 Å². The third-order valence-electron chi connectivity index (χ3n) is 0.873. The van der Waals surface area contributed by atoms with Gasteiger partial charge >= 0.3 is 0 Å². The number of rotatable bonds is 1. The van der Waals surface area contributed by atoms with Crippen molar-refractivity contribution in [1.82, 2.24) is 9.97 Å². The standard InChI is InChI=1S/C4H5ClN2O2S/c1-10(8,9)4-6-2-3(5)7-4/h2H,1H3,(H,6,7). The molecule has 0 unspecified atom stereocenters. The average Bonchev–Trinajstić information content (AvgIpc) is 2.11. The van der Waals surface area contributed by atoms with Crippen molar-refractivity contribution >= 4 is 21.4 Å². The van der Waals surface area contributed by atoms with Crippen LogP contribution < -0.4 is 0 Å². The molecule has 0 aliphatic rings. The van der Waals surface area contributed by atoms with Crippen LogP contribution in [0.2, 0.25) is 5.15 Å². The van der Waals surface area contributed by atoms with Crippen LogP contribution in [0.25, 0.3) is 0 Å². The van der Waals surface area contributed by atoms with Crippen LogP contribution in [-0.2, 0) is 9.84 Å². The molecule has 0 fully saturated rings. The maximum atomic E-state index is 10.7. The number of H-pyrrole nitrogens is 1. The number of aromatic amines is 1. The second kappa shape index (κ2) is 2.25. The highest BCUT2D eigenvalue weighted by Gasteiger charge is 2.09. The number of hydrogen-bond acceptors (Lipinski definition) is 3. The van der Waals surface area contributed by atoms with Crippen LogP contribution in [0.1, 0.15) is 0 Å². The Labute approximate surface area is 63.2 Å². The largest absolute Gasteiger partial charge is 0.320 e. The van der Waals surface area contributed by atoms with Gasteiger partial charge in [-0.05, 0) is 0 Å². The van der Waals surface area contributed by atoms with Crippen LogP contribution in [0.3, 0.4) is 0 Å². The van der Waals surface area contributed by atoms with E-state index in [1.807, 2.05) is 0 Å². The highest BCUT2D eigenvalue weighted by molar-refractivity contribution is 7.90. The van der Waals surface area contributed by atoms with E-state index in [2.05, 4.69) is 9.97 Å². The number of imidazole rings is 1. The minimum absolute atomic E-state index is 0.0995. The van der Waals surface area contributed by atoms with E-state index in [1.165, 1.54) is 6.20 Å². The molecule has 0 bridgehead atoms. The first-order valence-corrected chi connectivity index (χ1v) is 4.67. The van der Waals surface area contributed by atoms with Crippen molar-refractivity contribution in [2.24, 2.45) is 0 Å². The average molecular weight is 181 g/mol. The van der Waals surface area contributed by atoms with Gasteiger partial charge in [0.2, 0.25) is 15.0 Å². The molecule has 1 aromatic heterocycles. The normalized spacial score (nSPS) is 11.8. The first-order chi connectivity index (χ1) is 4.50. The number of sulfone groups is 1. The van der Waals surface area contributed by atoms with Gasteiger partial charge in [0.1, 0.15) is 5.15 Å². The zero-order chi connectivity index (χ0) is 7.78. The Morgan fingerprint density at radius 3 is 2.50 bits per heavy atom. The van der Waals surface area contributed by atoms with Crippen LogP contribution in [-0.4, -0.2) is 24.6 Å². The van der Waals surface area contributed by atoms with Crippen molar-refractivity contribution in [2.45, 2.75) is 5.16 Å². The molecular weight excluding hydrogens is 176 g/mol. The van der Waals surface area contributed by atoms with Crippen molar-refractivity contribution in [3.8, 4) is 0 Å². The minimum Gasteiger partial charge on any atom is -0.320 e. The molecule has 0 saturated heterocycles. The fourth-order valence-electron chi connectivity index (χ4n) is 0.470. The predicted octanol–water partition coefficient (Wildman–Crippen LogP) is 0.467. The lowest BCUT2D eigenvalue weighted by Crippen LogP contribution is -1.98. The summed E-state index contributed by atoms with van der Waals surface area (Å²) in [5.41, 5.74) is 0. The molecule has 0 radical (unpaired) electrons. The molecule has 1 aromatic rings. The van der Waals surface area contributed by atoms with Crippen LogP contribution in [0.4, 0.5) is 0 Å². The van der Waals surface area contributed by atoms with Gasteiger partial charge in [-0.25, -0.2) is 13.4 Å². The van der Waals surface area contributed by atoms with E-state index in [9.17, 15) is 8.42 Å². The molecule has 10 heavy (non-hydrogen) atoms.